The normalized spacial score (nSPS) is 9.62. The van der Waals surface area contributed by atoms with Crippen LogP contribution in [0, 0.1) is 6.92 Å². The number of rotatable bonds is 2. The van der Waals surface area contributed by atoms with Gasteiger partial charge in [-0.15, -0.1) is 0 Å². The Labute approximate surface area is 73.7 Å². The minimum absolute atomic E-state index is 0.0834. The minimum Gasteiger partial charge on any atom is -0.478 e. The van der Waals surface area contributed by atoms with Crippen LogP contribution < -0.4 is 0 Å². The van der Waals surface area contributed by atoms with Crippen LogP contribution in [0.1, 0.15) is 26.3 Å². The standard InChI is InChI=1S/C8H7NO4/c1-4-5(7(10)11)2-9-3-6(4)8(12)13/h2-3H,1H3,(H,10,11)(H,12,13). The number of hydrogen-bond donors (Lipinski definition) is 2. The first-order valence-electron chi connectivity index (χ1n) is 3.45. The van der Waals surface area contributed by atoms with Crippen molar-refractivity contribution in [2.24, 2.45) is 0 Å². The molecule has 5 nitrogen and oxygen atoms in total. The molecule has 0 aromatic carbocycles. The molecule has 0 aliphatic rings. The largest absolute Gasteiger partial charge is 0.478 e. The van der Waals surface area contributed by atoms with Gasteiger partial charge >= 0.3 is 11.9 Å². The Balaban J connectivity index is 3.35. The Kier molecular flexibility index (Phi) is 2.27. The Morgan fingerprint density at radius 2 is 1.54 bits per heavy atom. The lowest BCUT2D eigenvalue weighted by Crippen LogP contribution is -2.07. The van der Waals surface area contributed by atoms with Crippen molar-refractivity contribution < 1.29 is 19.8 Å². The van der Waals surface area contributed by atoms with E-state index < -0.39 is 11.9 Å². The minimum atomic E-state index is -1.17. The number of carbonyl (C=O) groups is 2. The van der Waals surface area contributed by atoms with Gasteiger partial charge < -0.3 is 10.2 Å². The molecular weight excluding hydrogens is 174 g/mol. The van der Waals surface area contributed by atoms with E-state index in [0.717, 1.165) is 12.4 Å². The predicted octanol–water partition coefficient (Wildman–Crippen LogP) is 0.786. The van der Waals surface area contributed by atoms with Crippen LogP contribution in [-0.4, -0.2) is 27.1 Å². The van der Waals surface area contributed by atoms with Gasteiger partial charge in [-0.25, -0.2) is 9.59 Å². The number of pyridine rings is 1. The quantitative estimate of drug-likeness (QED) is 0.704. The first kappa shape index (κ1) is 9.18. The number of carboxylic acid groups (broad SMARTS) is 2. The molecule has 1 aromatic rings. The summed E-state index contributed by atoms with van der Waals surface area (Å²) in [6, 6.07) is 0. The third-order valence-electron chi connectivity index (χ3n) is 1.68. The molecule has 0 fully saturated rings. The van der Waals surface area contributed by atoms with Gasteiger partial charge in [0.2, 0.25) is 0 Å². The van der Waals surface area contributed by atoms with E-state index in [1.165, 1.54) is 6.92 Å². The zero-order valence-corrected chi connectivity index (χ0v) is 6.81. The van der Waals surface area contributed by atoms with Crippen molar-refractivity contribution in [2.45, 2.75) is 6.92 Å². The van der Waals surface area contributed by atoms with Gasteiger partial charge in [0.05, 0.1) is 11.1 Å². The average Bonchev–Trinajstić information content (AvgIpc) is 2.03. The van der Waals surface area contributed by atoms with Crippen LogP contribution in [-0.2, 0) is 0 Å². The molecule has 0 saturated heterocycles. The second-order valence-electron chi connectivity index (χ2n) is 2.47. The van der Waals surface area contributed by atoms with Gasteiger partial charge in [-0.1, -0.05) is 0 Å². The van der Waals surface area contributed by atoms with Gasteiger partial charge in [0.1, 0.15) is 0 Å². The maximum Gasteiger partial charge on any atom is 0.337 e. The fourth-order valence-corrected chi connectivity index (χ4v) is 0.956. The van der Waals surface area contributed by atoms with Gasteiger partial charge in [-0.05, 0) is 12.5 Å². The molecular formula is C8H7NO4. The molecule has 13 heavy (non-hydrogen) atoms. The summed E-state index contributed by atoms with van der Waals surface area (Å²) in [5.41, 5.74) is 0.0507. The summed E-state index contributed by atoms with van der Waals surface area (Å²) in [5.74, 6) is -2.35. The van der Waals surface area contributed by atoms with Gasteiger partial charge in [0, 0.05) is 12.4 Å². The lowest BCUT2D eigenvalue weighted by molar-refractivity contribution is 0.0695. The van der Waals surface area contributed by atoms with E-state index >= 15 is 0 Å². The Bertz CT molecular complexity index is 340. The van der Waals surface area contributed by atoms with Crippen molar-refractivity contribution in [1.29, 1.82) is 0 Å². The molecule has 2 N–H and O–H groups in total. The van der Waals surface area contributed by atoms with Crippen molar-refractivity contribution in [3.63, 3.8) is 0 Å². The van der Waals surface area contributed by atoms with Gasteiger partial charge in [0.15, 0.2) is 0 Å². The molecule has 1 heterocycles. The van der Waals surface area contributed by atoms with E-state index in [1.807, 2.05) is 0 Å². The fourth-order valence-electron chi connectivity index (χ4n) is 0.956. The third-order valence-corrected chi connectivity index (χ3v) is 1.68. The van der Waals surface area contributed by atoms with Crippen LogP contribution in [0.5, 0.6) is 0 Å². The Morgan fingerprint density at radius 1 is 1.15 bits per heavy atom. The zero-order valence-electron chi connectivity index (χ0n) is 6.81. The second kappa shape index (κ2) is 3.22. The molecule has 5 heteroatoms. The summed E-state index contributed by atoms with van der Waals surface area (Å²) in [5, 5.41) is 17.3. The fraction of sp³-hybridized carbons (Fsp3) is 0.125. The van der Waals surface area contributed by atoms with Gasteiger partial charge in [0.25, 0.3) is 0 Å². The van der Waals surface area contributed by atoms with Crippen molar-refractivity contribution in [3.05, 3.63) is 29.1 Å². The van der Waals surface area contributed by atoms with Crippen LogP contribution in [0.15, 0.2) is 12.4 Å². The first-order chi connectivity index (χ1) is 6.04. The molecule has 1 aromatic heterocycles. The van der Waals surface area contributed by atoms with E-state index in [2.05, 4.69) is 4.98 Å². The SMILES string of the molecule is Cc1c(C(=O)O)cncc1C(=O)O. The number of aromatic carboxylic acids is 2. The topological polar surface area (TPSA) is 87.5 Å². The zero-order chi connectivity index (χ0) is 10.0. The number of aromatic nitrogens is 1. The second-order valence-corrected chi connectivity index (χ2v) is 2.47. The van der Waals surface area contributed by atoms with Crippen LogP contribution in [0.25, 0.3) is 0 Å². The summed E-state index contributed by atoms with van der Waals surface area (Å²) in [6.45, 7) is 1.44. The molecule has 0 unspecified atom stereocenters. The summed E-state index contributed by atoms with van der Waals surface area (Å²) >= 11 is 0. The molecule has 0 amide bonds. The molecule has 0 saturated carbocycles. The highest BCUT2D eigenvalue weighted by Crippen LogP contribution is 2.11. The van der Waals surface area contributed by atoms with E-state index in [-0.39, 0.29) is 16.7 Å². The van der Waals surface area contributed by atoms with E-state index in [4.69, 9.17) is 10.2 Å². The highest BCUT2D eigenvalue weighted by molar-refractivity contribution is 5.95. The molecule has 0 bridgehead atoms. The van der Waals surface area contributed by atoms with Crippen molar-refractivity contribution in [3.8, 4) is 0 Å². The summed E-state index contributed by atoms with van der Waals surface area (Å²) < 4.78 is 0. The van der Waals surface area contributed by atoms with Crippen molar-refractivity contribution in [1.82, 2.24) is 4.98 Å². The molecule has 0 aliphatic heterocycles. The monoisotopic (exact) mass is 181 g/mol. The third kappa shape index (κ3) is 1.64. The highest BCUT2D eigenvalue weighted by atomic mass is 16.4. The van der Waals surface area contributed by atoms with E-state index in [0.29, 0.717) is 0 Å². The van der Waals surface area contributed by atoms with E-state index in [9.17, 15) is 9.59 Å². The Morgan fingerprint density at radius 3 is 1.85 bits per heavy atom. The highest BCUT2D eigenvalue weighted by Gasteiger charge is 2.14. The summed E-state index contributed by atoms with van der Waals surface area (Å²) in [7, 11) is 0. The number of carboxylic acids is 2. The predicted molar refractivity (Wildman–Crippen MR) is 42.9 cm³/mol. The Hall–Kier alpha value is -1.91. The molecule has 0 atom stereocenters. The van der Waals surface area contributed by atoms with Crippen molar-refractivity contribution >= 4 is 11.9 Å². The molecule has 68 valence electrons. The van der Waals surface area contributed by atoms with Crippen molar-refractivity contribution in [2.75, 3.05) is 0 Å². The average molecular weight is 181 g/mol. The summed E-state index contributed by atoms with van der Waals surface area (Å²) in [6.07, 6.45) is 2.26. The van der Waals surface area contributed by atoms with Crippen LogP contribution in [0.4, 0.5) is 0 Å². The van der Waals surface area contributed by atoms with Crippen LogP contribution in [0.3, 0.4) is 0 Å². The molecule has 0 spiro atoms. The maximum absolute atomic E-state index is 10.6. The van der Waals surface area contributed by atoms with Gasteiger partial charge in [-0.2, -0.15) is 0 Å². The van der Waals surface area contributed by atoms with Crippen LogP contribution in [0.2, 0.25) is 0 Å². The molecule has 0 radical (unpaired) electrons. The number of nitrogens with zero attached hydrogens (tertiary/aromatic N) is 1. The first-order valence-corrected chi connectivity index (χ1v) is 3.45. The molecule has 1 rings (SSSR count). The molecule has 0 aliphatic carbocycles. The van der Waals surface area contributed by atoms with E-state index in [1.54, 1.807) is 0 Å². The lowest BCUT2D eigenvalue weighted by atomic mass is 10.1. The van der Waals surface area contributed by atoms with Gasteiger partial charge in [-0.3, -0.25) is 4.98 Å². The number of hydrogen-bond acceptors (Lipinski definition) is 3. The van der Waals surface area contributed by atoms with Crippen LogP contribution >= 0.6 is 0 Å². The smallest absolute Gasteiger partial charge is 0.337 e. The lowest BCUT2D eigenvalue weighted by Gasteiger charge is -2.02. The maximum atomic E-state index is 10.6. The summed E-state index contributed by atoms with van der Waals surface area (Å²) in [4.78, 5) is 24.7.